The molecule has 0 fully saturated rings. The van der Waals surface area contributed by atoms with E-state index >= 15 is 0 Å². The summed E-state index contributed by atoms with van der Waals surface area (Å²) in [6.45, 7) is 8.96. The third kappa shape index (κ3) is 7.86. The molecule has 0 unspecified atom stereocenters. The highest BCUT2D eigenvalue weighted by molar-refractivity contribution is 7.92. The lowest BCUT2D eigenvalue weighted by Gasteiger charge is -2.34. The predicted molar refractivity (Wildman–Crippen MR) is 161 cm³/mol. The van der Waals surface area contributed by atoms with Crippen molar-refractivity contribution in [2.75, 3.05) is 17.4 Å². The van der Waals surface area contributed by atoms with Crippen LogP contribution in [0.1, 0.15) is 43.9 Å². The van der Waals surface area contributed by atoms with Gasteiger partial charge in [0.05, 0.1) is 10.6 Å². The van der Waals surface area contributed by atoms with Gasteiger partial charge < -0.3 is 10.2 Å². The van der Waals surface area contributed by atoms with Crippen LogP contribution in [0.25, 0.3) is 0 Å². The summed E-state index contributed by atoms with van der Waals surface area (Å²) in [7, 11) is -4.15. The first-order valence-corrected chi connectivity index (χ1v) is 15.2. The van der Waals surface area contributed by atoms with Crippen molar-refractivity contribution in [3.8, 4) is 0 Å². The predicted octanol–water partition coefficient (Wildman–Crippen LogP) is 5.53. The summed E-state index contributed by atoms with van der Waals surface area (Å²) < 4.78 is 29.1. The van der Waals surface area contributed by atoms with E-state index in [4.69, 9.17) is 11.6 Å². The maximum absolute atomic E-state index is 14.1. The molecule has 1 N–H and O–H groups in total. The average Bonchev–Trinajstić information content (AvgIpc) is 2.91. The molecule has 0 radical (unpaired) electrons. The average molecular weight is 584 g/mol. The standard InChI is InChI=1S/C31H38ClN3O4S/c1-6-28(31(37)33-22(2)3)34(19-18-25-10-8-7-9-11-25)30(36)21-35(29-20-26(32)15-14-24(29)5)40(38,39)27-16-12-23(4)13-17-27/h7-17,20,22,28H,6,18-19,21H2,1-5H3,(H,33,37)/t28-/m1/s1. The summed E-state index contributed by atoms with van der Waals surface area (Å²) in [5.41, 5.74) is 2.88. The molecule has 0 heterocycles. The molecular weight excluding hydrogens is 546 g/mol. The third-order valence-electron chi connectivity index (χ3n) is 6.63. The summed E-state index contributed by atoms with van der Waals surface area (Å²) in [5.74, 6) is -0.748. The minimum Gasteiger partial charge on any atom is -0.352 e. The van der Waals surface area contributed by atoms with Crippen molar-refractivity contribution in [1.29, 1.82) is 0 Å². The molecular formula is C31H38ClN3O4S. The molecule has 40 heavy (non-hydrogen) atoms. The Balaban J connectivity index is 2.05. The molecule has 0 bridgehead atoms. The van der Waals surface area contributed by atoms with Crippen LogP contribution in [0.4, 0.5) is 5.69 Å². The number of carbonyl (C=O) groups excluding carboxylic acids is 2. The Morgan fingerprint density at radius 3 is 2.20 bits per heavy atom. The summed E-state index contributed by atoms with van der Waals surface area (Å²) in [6.07, 6.45) is 0.888. The third-order valence-corrected chi connectivity index (χ3v) is 8.64. The molecule has 214 valence electrons. The Hall–Kier alpha value is -3.36. The van der Waals surface area contributed by atoms with E-state index in [2.05, 4.69) is 5.32 Å². The van der Waals surface area contributed by atoms with Gasteiger partial charge in [0.1, 0.15) is 12.6 Å². The molecule has 0 aromatic heterocycles. The number of aryl methyl sites for hydroxylation is 2. The topological polar surface area (TPSA) is 86.8 Å². The molecule has 0 aliphatic heterocycles. The van der Waals surface area contributed by atoms with Crippen molar-refractivity contribution < 1.29 is 18.0 Å². The van der Waals surface area contributed by atoms with E-state index in [1.54, 1.807) is 37.3 Å². The van der Waals surface area contributed by atoms with Crippen LogP contribution in [0.5, 0.6) is 0 Å². The lowest BCUT2D eigenvalue weighted by molar-refractivity contribution is -0.139. The first-order valence-electron chi connectivity index (χ1n) is 13.4. The van der Waals surface area contributed by atoms with Crippen LogP contribution < -0.4 is 9.62 Å². The Morgan fingerprint density at radius 1 is 0.950 bits per heavy atom. The molecule has 1 atom stereocenters. The lowest BCUT2D eigenvalue weighted by atomic mass is 10.1. The second kappa shape index (κ2) is 13.8. The first-order chi connectivity index (χ1) is 18.9. The van der Waals surface area contributed by atoms with Gasteiger partial charge in [-0.3, -0.25) is 13.9 Å². The van der Waals surface area contributed by atoms with E-state index in [1.807, 2.05) is 58.0 Å². The molecule has 2 amide bonds. The van der Waals surface area contributed by atoms with E-state index in [-0.39, 0.29) is 23.4 Å². The van der Waals surface area contributed by atoms with Gasteiger partial charge in [-0.15, -0.1) is 0 Å². The van der Waals surface area contributed by atoms with Gasteiger partial charge in [-0.25, -0.2) is 8.42 Å². The minimum atomic E-state index is -4.15. The zero-order valence-electron chi connectivity index (χ0n) is 23.7. The van der Waals surface area contributed by atoms with Crippen LogP contribution in [0.2, 0.25) is 5.02 Å². The van der Waals surface area contributed by atoms with E-state index in [9.17, 15) is 18.0 Å². The monoisotopic (exact) mass is 583 g/mol. The number of nitrogens with one attached hydrogen (secondary N) is 1. The number of carbonyl (C=O) groups is 2. The number of nitrogens with zero attached hydrogens (tertiary/aromatic N) is 2. The molecule has 3 rings (SSSR count). The number of hydrogen-bond acceptors (Lipinski definition) is 4. The zero-order valence-corrected chi connectivity index (χ0v) is 25.3. The Bertz CT molecular complexity index is 1410. The summed E-state index contributed by atoms with van der Waals surface area (Å²) >= 11 is 6.29. The maximum atomic E-state index is 14.1. The quantitative estimate of drug-likeness (QED) is 0.304. The smallest absolute Gasteiger partial charge is 0.264 e. The van der Waals surface area contributed by atoms with Crippen LogP contribution in [0, 0.1) is 13.8 Å². The number of rotatable bonds is 12. The van der Waals surface area contributed by atoms with Gasteiger partial charge in [0.25, 0.3) is 10.0 Å². The highest BCUT2D eigenvalue weighted by atomic mass is 35.5. The van der Waals surface area contributed by atoms with Gasteiger partial charge in [-0.2, -0.15) is 0 Å². The summed E-state index contributed by atoms with van der Waals surface area (Å²) in [4.78, 5) is 28.8. The fourth-order valence-corrected chi connectivity index (χ4v) is 6.12. The van der Waals surface area contributed by atoms with Gasteiger partial charge >= 0.3 is 0 Å². The van der Waals surface area contributed by atoms with Gasteiger partial charge in [-0.05, 0) is 75.9 Å². The SMILES string of the molecule is CC[C@H](C(=O)NC(C)C)N(CCc1ccccc1)C(=O)CN(c1cc(Cl)ccc1C)S(=O)(=O)c1ccc(C)cc1. The van der Waals surface area contributed by atoms with Crippen LogP contribution in [0.15, 0.2) is 77.7 Å². The number of halogens is 1. The first kappa shape index (κ1) is 31.2. The van der Waals surface area contributed by atoms with Crippen molar-refractivity contribution in [2.45, 2.75) is 64.4 Å². The molecule has 0 saturated heterocycles. The van der Waals surface area contributed by atoms with Crippen molar-refractivity contribution >= 4 is 39.1 Å². The van der Waals surface area contributed by atoms with Gasteiger partial charge in [0.2, 0.25) is 11.8 Å². The number of hydrogen-bond donors (Lipinski definition) is 1. The second-order valence-corrected chi connectivity index (χ2v) is 12.5. The lowest BCUT2D eigenvalue weighted by Crippen LogP contribution is -2.54. The molecule has 0 aliphatic rings. The van der Waals surface area contributed by atoms with Crippen molar-refractivity contribution in [3.05, 3.63) is 94.5 Å². The largest absolute Gasteiger partial charge is 0.352 e. The summed E-state index contributed by atoms with van der Waals surface area (Å²) in [6, 6.07) is 20.2. The molecule has 0 saturated carbocycles. The molecule has 0 spiro atoms. The normalized spacial score (nSPS) is 12.2. The van der Waals surface area contributed by atoms with Gasteiger partial charge in [0.15, 0.2) is 0 Å². The van der Waals surface area contributed by atoms with Crippen molar-refractivity contribution in [3.63, 3.8) is 0 Å². The maximum Gasteiger partial charge on any atom is 0.264 e. The Labute approximate surface area is 243 Å². The van der Waals surface area contributed by atoms with Crippen molar-refractivity contribution in [1.82, 2.24) is 10.2 Å². The zero-order chi connectivity index (χ0) is 29.4. The molecule has 7 nitrogen and oxygen atoms in total. The fourth-order valence-electron chi connectivity index (χ4n) is 4.48. The second-order valence-electron chi connectivity index (χ2n) is 10.2. The van der Waals surface area contributed by atoms with Crippen LogP contribution >= 0.6 is 11.6 Å². The van der Waals surface area contributed by atoms with Crippen LogP contribution in [-0.2, 0) is 26.0 Å². The van der Waals surface area contributed by atoms with E-state index < -0.39 is 28.5 Å². The Kier molecular flexibility index (Phi) is 10.8. The Morgan fingerprint density at radius 2 is 1.60 bits per heavy atom. The number of amides is 2. The van der Waals surface area contributed by atoms with Crippen LogP contribution in [-0.4, -0.2) is 50.3 Å². The number of benzene rings is 3. The van der Waals surface area contributed by atoms with Gasteiger partial charge in [-0.1, -0.05) is 72.6 Å². The summed E-state index contributed by atoms with van der Waals surface area (Å²) in [5, 5.41) is 3.26. The molecule has 3 aromatic rings. The highest BCUT2D eigenvalue weighted by Crippen LogP contribution is 2.30. The number of sulfonamides is 1. The van der Waals surface area contributed by atoms with Crippen LogP contribution in [0.3, 0.4) is 0 Å². The fraction of sp³-hybridized carbons (Fsp3) is 0.355. The number of anilines is 1. The van der Waals surface area contributed by atoms with Crippen molar-refractivity contribution in [2.24, 2.45) is 0 Å². The molecule has 9 heteroatoms. The van der Waals surface area contributed by atoms with E-state index in [0.717, 1.165) is 15.4 Å². The van der Waals surface area contributed by atoms with E-state index in [1.165, 1.54) is 17.0 Å². The van der Waals surface area contributed by atoms with E-state index in [0.29, 0.717) is 29.1 Å². The highest BCUT2D eigenvalue weighted by Gasteiger charge is 2.34. The molecule has 3 aromatic carbocycles. The molecule has 0 aliphatic carbocycles. The minimum absolute atomic E-state index is 0.0608. The van der Waals surface area contributed by atoms with Gasteiger partial charge in [0, 0.05) is 17.6 Å².